The minimum Gasteiger partial charge on any atom is -0.356 e. The summed E-state index contributed by atoms with van der Waals surface area (Å²) in [5, 5.41) is 2.89. The average molecular weight is 219 g/mol. The topological polar surface area (TPSA) is 29.1 Å². The number of amides is 1. The van der Waals surface area contributed by atoms with Gasteiger partial charge in [0.05, 0.1) is 0 Å². The summed E-state index contributed by atoms with van der Waals surface area (Å²) in [5.74, 6) is 0.190. The van der Waals surface area contributed by atoms with Gasteiger partial charge in [-0.25, -0.2) is 0 Å². The minimum atomic E-state index is 0.190. The molecule has 16 heavy (non-hydrogen) atoms. The van der Waals surface area contributed by atoms with E-state index in [0.29, 0.717) is 6.42 Å². The summed E-state index contributed by atoms with van der Waals surface area (Å²) in [6.45, 7) is 2.87. The van der Waals surface area contributed by atoms with Crippen LogP contribution in [-0.2, 0) is 11.2 Å². The number of hydrogen-bond acceptors (Lipinski definition) is 1. The quantitative estimate of drug-likeness (QED) is 0.702. The van der Waals surface area contributed by atoms with Gasteiger partial charge in [0.2, 0.25) is 5.91 Å². The Hall–Kier alpha value is -1.31. The van der Waals surface area contributed by atoms with Crippen molar-refractivity contribution in [1.29, 1.82) is 0 Å². The molecule has 1 rings (SSSR count). The van der Waals surface area contributed by atoms with Crippen molar-refractivity contribution < 1.29 is 4.79 Å². The number of carbonyl (C=O) groups is 1. The van der Waals surface area contributed by atoms with Crippen molar-refractivity contribution in [3.05, 3.63) is 35.9 Å². The number of unbranched alkanes of at least 4 members (excludes halogenated alkanes) is 1. The molecule has 1 amide bonds. The van der Waals surface area contributed by atoms with E-state index in [1.54, 1.807) is 0 Å². The summed E-state index contributed by atoms with van der Waals surface area (Å²) in [7, 11) is 0. The van der Waals surface area contributed by atoms with E-state index in [1.165, 1.54) is 5.56 Å². The third-order valence-electron chi connectivity index (χ3n) is 2.53. The van der Waals surface area contributed by atoms with Gasteiger partial charge in [0, 0.05) is 13.0 Å². The second-order valence-electron chi connectivity index (χ2n) is 4.04. The van der Waals surface area contributed by atoms with Crippen LogP contribution in [0, 0.1) is 0 Å². The lowest BCUT2D eigenvalue weighted by molar-refractivity contribution is -0.121. The van der Waals surface area contributed by atoms with E-state index in [-0.39, 0.29) is 5.91 Å². The molecule has 0 aliphatic rings. The Morgan fingerprint density at radius 3 is 2.62 bits per heavy atom. The molecule has 2 nitrogen and oxygen atoms in total. The van der Waals surface area contributed by atoms with Crippen LogP contribution in [0.15, 0.2) is 30.3 Å². The maximum absolute atomic E-state index is 11.3. The van der Waals surface area contributed by atoms with Crippen molar-refractivity contribution in [3.8, 4) is 0 Å². The first-order chi connectivity index (χ1) is 7.83. The fourth-order valence-corrected chi connectivity index (χ4v) is 1.61. The van der Waals surface area contributed by atoms with Crippen LogP contribution in [0.1, 0.15) is 38.2 Å². The maximum atomic E-state index is 11.3. The number of aryl methyl sites for hydroxylation is 1. The third kappa shape index (κ3) is 5.54. The second-order valence-corrected chi connectivity index (χ2v) is 4.04. The van der Waals surface area contributed by atoms with Crippen molar-refractivity contribution in [2.24, 2.45) is 0 Å². The van der Waals surface area contributed by atoms with Crippen molar-refractivity contribution in [2.75, 3.05) is 6.54 Å². The lowest BCUT2D eigenvalue weighted by atomic mass is 10.1. The van der Waals surface area contributed by atoms with Crippen LogP contribution >= 0.6 is 0 Å². The summed E-state index contributed by atoms with van der Waals surface area (Å²) in [6, 6.07) is 10.4. The fraction of sp³-hybridized carbons (Fsp3) is 0.500. The van der Waals surface area contributed by atoms with Crippen LogP contribution in [0.4, 0.5) is 0 Å². The van der Waals surface area contributed by atoms with Gasteiger partial charge in [-0.1, -0.05) is 37.3 Å². The Morgan fingerprint density at radius 2 is 1.94 bits per heavy atom. The first kappa shape index (κ1) is 12.8. The minimum absolute atomic E-state index is 0.190. The average Bonchev–Trinajstić information content (AvgIpc) is 2.33. The van der Waals surface area contributed by atoms with Gasteiger partial charge in [-0.15, -0.1) is 0 Å². The molecule has 0 saturated heterocycles. The molecular weight excluding hydrogens is 198 g/mol. The molecule has 0 unspecified atom stereocenters. The van der Waals surface area contributed by atoms with Crippen molar-refractivity contribution in [2.45, 2.75) is 39.0 Å². The van der Waals surface area contributed by atoms with Crippen LogP contribution < -0.4 is 5.32 Å². The molecule has 1 aromatic carbocycles. The number of hydrogen-bond donors (Lipinski definition) is 1. The van der Waals surface area contributed by atoms with E-state index < -0.39 is 0 Å². The summed E-state index contributed by atoms with van der Waals surface area (Å²) in [5.41, 5.74) is 1.36. The summed E-state index contributed by atoms with van der Waals surface area (Å²) >= 11 is 0. The molecule has 2 heteroatoms. The Bertz CT molecular complexity index is 295. The zero-order chi connectivity index (χ0) is 11.6. The van der Waals surface area contributed by atoms with Crippen LogP contribution in [0.2, 0.25) is 0 Å². The molecule has 0 bridgehead atoms. The molecule has 0 heterocycles. The van der Waals surface area contributed by atoms with E-state index in [1.807, 2.05) is 6.07 Å². The van der Waals surface area contributed by atoms with Gasteiger partial charge in [0.25, 0.3) is 0 Å². The number of nitrogens with one attached hydrogen (secondary N) is 1. The Kier molecular flexibility index (Phi) is 6.31. The van der Waals surface area contributed by atoms with Gasteiger partial charge < -0.3 is 5.32 Å². The lowest BCUT2D eigenvalue weighted by Gasteiger charge is -2.03. The van der Waals surface area contributed by atoms with Gasteiger partial charge in [-0.2, -0.15) is 0 Å². The number of rotatable bonds is 7. The highest BCUT2D eigenvalue weighted by Crippen LogP contribution is 2.05. The zero-order valence-electron chi connectivity index (χ0n) is 10.0. The van der Waals surface area contributed by atoms with Gasteiger partial charge in [0.1, 0.15) is 0 Å². The van der Waals surface area contributed by atoms with Crippen molar-refractivity contribution in [3.63, 3.8) is 0 Å². The van der Waals surface area contributed by atoms with E-state index in [0.717, 1.165) is 32.2 Å². The summed E-state index contributed by atoms with van der Waals surface area (Å²) < 4.78 is 0. The highest BCUT2D eigenvalue weighted by Gasteiger charge is 1.99. The largest absolute Gasteiger partial charge is 0.356 e. The predicted octanol–water partition coefficient (Wildman–Crippen LogP) is 2.93. The van der Waals surface area contributed by atoms with E-state index >= 15 is 0 Å². The molecule has 0 aliphatic carbocycles. The molecule has 0 atom stereocenters. The molecular formula is C14H21NO. The van der Waals surface area contributed by atoms with Crippen LogP contribution in [-0.4, -0.2) is 12.5 Å². The van der Waals surface area contributed by atoms with Gasteiger partial charge in [0.15, 0.2) is 0 Å². The molecule has 0 aromatic heterocycles. The van der Waals surface area contributed by atoms with Gasteiger partial charge >= 0.3 is 0 Å². The first-order valence-electron chi connectivity index (χ1n) is 6.13. The summed E-state index contributed by atoms with van der Waals surface area (Å²) in [4.78, 5) is 11.3. The third-order valence-corrected chi connectivity index (χ3v) is 2.53. The van der Waals surface area contributed by atoms with Crippen molar-refractivity contribution in [1.82, 2.24) is 5.32 Å². The Labute approximate surface area is 98.1 Å². The number of carbonyl (C=O) groups excluding carboxylic acids is 1. The molecule has 1 aromatic rings. The second kappa shape index (κ2) is 7.91. The zero-order valence-corrected chi connectivity index (χ0v) is 10.0. The molecule has 0 aliphatic heterocycles. The molecule has 1 N–H and O–H groups in total. The smallest absolute Gasteiger partial charge is 0.219 e. The first-order valence-corrected chi connectivity index (χ1v) is 6.13. The van der Waals surface area contributed by atoms with E-state index in [2.05, 4.69) is 36.5 Å². The van der Waals surface area contributed by atoms with Gasteiger partial charge in [-0.3, -0.25) is 4.79 Å². The standard InChI is InChI=1S/C14H21NO/c1-2-12-15-14(16)11-7-6-10-13-8-4-3-5-9-13/h3-5,8-9H,2,6-7,10-12H2,1H3,(H,15,16). The van der Waals surface area contributed by atoms with Crippen LogP contribution in [0.25, 0.3) is 0 Å². The molecule has 0 spiro atoms. The van der Waals surface area contributed by atoms with Gasteiger partial charge in [-0.05, 0) is 31.2 Å². The normalized spacial score (nSPS) is 10.1. The summed E-state index contributed by atoms with van der Waals surface area (Å²) in [6.07, 6.45) is 4.80. The van der Waals surface area contributed by atoms with Crippen molar-refractivity contribution >= 4 is 5.91 Å². The van der Waals surface area contributed by atoms with Crippen LogP contribution in [0.5, 0.6) is 0 Å². The maximum Gasteiger partial charge on any atom is 0.219 e. The highest BCUT2D eigenvalue weighted by molar-refractivity contribution is 5.75. The number of benzene rings is 1. The Balaban J connectivity index is 2.06. The molecule has 0 fully saturated rings. The highest BCUT2D eigenvalue weighted by atomic mass is 16.1. The van der Waals surface area contributed by atoms with Crippen LogP contribution in [0.3, 0.4) is 0 Å². The SMILES string of the molecule is CCCNC(=O)CCCCc1ccccc1. The lowest BCUT2D eigenvalue weighted by Crippen LogP contribution is -2.23. The predicted molar refractivity (Wildman–Crippen MR) is 67.3 cm³/mol. The fourth-order valence-electron chi connectivity index (χ4n) is 1.61. The molecule has 0 saturated carbocycles. The molecule has 0 radical (unpaired) electrons. The van der Waals surface area contributed by atoms with E-state index in [9.17, 15) is 4.79 Å². The van der Waals surface area contributed by atoms with E-state index in [4.69, 9.17) is 0 Å². The monoisotopic (exact) mass is 219 g/mol. The molecule has 88 valence electrons. The Morgan fingerprint density at radius 1 is 1.19 bits per heavy atom.